The molecule has 0 unspecified atom stereocenters. The molecule has 4 nitrogen and oxygen atoms in total. The molecule has 15 heavy (non-hydrogen) atoms. The zero-order valence-electron chi connectivity index (χ0n) is 7.98. The minimum Gasteiger partial charge on any atom is -0.196 e. The molecule has 1 aromatic heterocycles. The Hall–Kier alpha value is -0.940. The van der Waals surface area contributed by atoms with Crippen LogP contribution in [0.3, 0.4) is 0 Å². The third-order valence-corrected chi connectivity index (χ3v) is 3.15. The molecule has 0 fully saturated rings. The summed E-state index contributed by atoms with van der Waals surface area (Å²) in [6, 6.07) is 5.91. The molecule has 0 atom stereocenters. The number of alkyl halides is 1. The van der Waals surface area contributed by atoms with Gasteiger partial charge >= 0.3 is 0 Å². The van der Waals surface area contributed by atoms with Gasteiger partial charge in [-0.15, -0.1) is 16.7 Å². The number of nitrogens with zero attached hydrogens (tertiary/aromatic N) is 4. The first-order chi connectivity index (χ1) is 7.22. The predicted octanol–water partition coefficient (Wildman–Crippen LogP) is 2.47. The largest absolute Gasteiger partial charge is 0.196 e. The van der Waals surface area contributed by atoms with Gasteiger partial charge in [-0.25, -0.2) is 0 Å². The van der Waals surface area contributed by atoms with Crippen LogP contribution in [0.2, 0.25) is 0 Å². The van der Waals surface area contributed by atoms with Gasteiger partial charge in [0.2, 0.25) is 0 Å². The Bertz CT molecular complexity index is 483. The van der Waals surface area contributed by atoms with E-state index in [0.717, 1.165) is 10.2 Å². The van der Waals surface area contributed by atoms with Gasteiger partial charge in [0.15, 0.2) is 5.82 Å². The average molecular weight is 288 g/mol. The third kappa shape index (κ3) is 2.03. The summed E-state index contributed by atoms with van der Waals surface area (Å²) < 4.78 is 2.65. The van der Waals surface area contributed by atoms with Crippen molar-refractivity contribution in [1.82, 2.24) is 20.2 Å². The van der Waals surface area contributed by atoms with Gasteiger partial charge < -0.3 is 0 Å². The molecule has 1 heterocycles. The van der Waals surface area contributed by atoms with Gasteiger partial charge in [0.05, 0.1) is 11.6 Å². The van der Waals surface area contributed by atoms with Gasteiger partial charge in [0.25, 0.3) is 0 Å². The van der Waals surface area contributed by atoms with E-state index >= 15 is 0 Å². The molecule has 0 amide bonds. The lowest BCUT2D eigenvalue weighted by Gasteiger charge is -2.04. The average Bonchev–Trinajstić information content (AvgIpc) is 2.70. The van der Waals surface area contributed by atoms with Crippen LogP contribution in [-0.2, 0) is 5.88 Å². The van der Waals surface area contributed by atoms with Gasteiger partial charge in [-0.2, -0.15) is 4.68 Å². The van der Waals surface area contributed by atoms with E-state index in [-0.39, 0.29) is 0 Å². The van der Waals surface area contributed by atoms with Crippen LogP contribution in [0.25, 0.3) is 5.69 Å². The third-order valence-electron chi connectivity index (χ3n) is 2.05. The summed E-state index contributed by atoms with van der Waals surface area (Å²) >= 11 is 9.18. The van der Waals surface area contributed by atoms with Crippen LogP contribution in [-0.4, -0.2) is 20.2 Å². The monoisotopic (exact) mass is 286 g/mol. The maximum absolute atomic E-state index is 5.72. The van der Waals surface area contributed by atoms with Gasteiger partial charge in [-0.05, 0) is 35.0 Å². The lowest BCUT2D eigenvalue weighted by Crippen LogP contribution is -2.01. The molecule has 0 aliphatic carbocycles. The Morgan fingerprint density at radius 1 is 1.47 bits per heavy atom. The van der Waals surface area contributed by atoms with Crippen molar-refractivity contribution in [2.45, 2.75) is 12.8 Å². The summed E-state index contributed by atoms with van der Waals surface area (Å²) in [5, 5.41) is 11.3. The smallest absolute Gasteiger partial charge is 0.171 e. The Balaban J connectivity index is 2.50. The van der Waals surface area contributed by atoms with Crippen molar-refractivity contribution in [3.63, 3.8) is 0 Å². The molecule has 6 heteroatoms. The summed E-state index contributed by atoms with van der Waals surface area (Å²) in [6.45, 7) is 2.02. The van der Waals surface area contributed by atoms with Crippen molar-refractivity contribution in [1.29, 1.82) is 0 Å². The van der Waals surface area contributed by atoms with Crippen molar-refractivity contribution < 1.29 is 0 Å². The SMILES string of the molecule is Cc1ccc(-n2nnnc2CCl)cc1Br. The van der Waals surface area contributed by atoms with Crippen molar-refractivity contribution in [3.05, 3.63) is 34.1 Å². The van der Waals surface area contributed by atoms with E-state index in [2.05, 4.69) is 31.5 Å². The van der Waals surface area contributed by atoms with Crippen molar-refractivity contribution >= 4 is 27.5 Å². The molecule has 0 saturated carbocycles. The van der Waals surface area contributed by atoms with E-state index in [1.165, 1.54) is 5.56 Å². The van der Waals surface area contributed by atoms with E-state index in [1.807, 2.05) is 25.1 Å². The molecule has 0 saturated heterocycles. The zero-order valence-corrected chi connectivity index (χ0v) is 10.3. The quantitative estimate of drug-likeness (QED) is 0.797. The van der Waals surface area contributed by atoms with Gasteiger partial charge in [0, 0.05) is 4.47 Å². The summed E-state index contributed by atoms with van der Waals surface area (Å²) in [5.74, 6) is 0.922. The van der Waals surface area contributed by atoms with Gasteiger partial charge in [-0.3, -0.25) is 0 Å². The minimum atomic E-state index is 0.290. The van der Waals surface area contributed by atoms with Crippen molar-refractivity contribution in [2.24, 2.45) is 0 Å². The van der Waals surface area contributed by atoms with Gasteiger partial charge in [-0.1, -0.05) is 22.0 Å². The standard InChI is InChI=1S/C9H8BrClN4/c1-6-2-3-7(4-8(6)10)15-9(5-11)12-13-14-15/h2-4H,5H2,1H3. The van der Waals surface area contributed by atoms with E-state index in [0.29, 0.717) is 11.7 Å². The van der Waals surface area contributed by atoms with Crippen molar-refractivity contribution in [3.8, 4) is 5.69 Å². The molecule has 0 spiro atoms. The Labute approximate surface area is 100 Å². The Morgan fingerprint density at radius 3 is 2.93 bits per heavy atom. The van der Waals surface area contributed by atoms with E-state index in [4.69, 9.17) is 11.6 Å². The number of rotatable bonds is 2. The molecule has 0 bridgehead atoms. The lowest BCUT2D eigenvalue weighted by atomic mass is 10.2. The Kier molecular flexibility index (Phi) is 3.02. The van der Waals surface area contributed by atoms with E-state index in [9.17, 15) is 0 Å². The molecular weight excluding hydrogens is 279 g/mol. The van der Waals surface area contributed by atoms with Gasteiger partial charge in [0.1, 0.15) is 0 Å². The molecule has 0 N–H and O–H groups in total. The van der Waals surface area contributed by atoms with Crippen LogP contribution in [0.5, 0.6) is 0 Å². The molecule has 1 aromatic carbocycles. The number of hydrogen-bond donors (Lipinski definition) is 0. The molecule has 78 valence electrons. The second-order valence-corrected chi connectivity index (χ2v) is 4.20. The van der Waals surface area contributed by atoms with E-state index < -0.39 is 0 Å². The number of halogens is 2. The number of hydrogen-bond acceptors (Lipinski definition) is 3. The summed E-state index contributed by atoms with van der Waals surface area (Å²) in [6.07, 6.45) is 0. The first-order valence-electron chi connectivity index (χ1n) is 4.32. The zero-order chi connectivity index (χ0) is 10.8. The molecule has 0 radical (unpaired) electrons. The van der Waals surface area contributed by atoms with Crippen LogP contribution < -0.4 is 0 Å². The first kappa shape index (κ1) is 10.6. The van der Waals surface area contributed by atoms with E-state index in [1.54, 1.807) is 4.68 Å². The lowest BCUT2D eigenvalue weighted by molar-refractivity contribution is 0.776. The summed E-state index contributed by atoms with van der Waals surface area (Å²) in [4.78, 5) is 0. The highest BCUT2D eigenvalue weighted by Crippen LogP contribution is 2.20. The van der Waals surface area contributed by atoms with Crippen molar-refractivity contribution in [2.75, 3.05) is 0 Å². The number of tetrazole rings is 1. The normalized spacial score (nSPS) is 10.6. The fourth-order valence-electron chi connectivity index (χ4n) is 1.20. The summed E-state index contributed by atoms with van der Waals surface area (Å²) in [5.41, 5.74) is 2.06. The van der Waals surface area contributed by atoms with Crippen LogP contribution in [0, 0.1) is 6.92 Å². The fourth-order valence-corrected chi connectivity index (χ4v) is 1.74. The molecule has 0 aliphatic heterocycles. The summed E-state index contributed by atoms with van der Waals surface area (Å²) in [7, 11) is 0. The predicted molar refractivity (Wildman–Crippen MR) is 61.1 cm³/mol. The number of benzene rings is 1. The highest BCUT2D eigenvalue weighted by molar-refractivity contribution is 9.10. The van der Waals surface area contributed by atoms with Crippen LogP contribution in [0.1, 0.15) is 11.4 Å². The first-order valence-corrected chi connectivity index (χ1v) is 5.65. The molecule has 2 aromatic rings. The Morgan fingerprint density at radius 2 is 2.27 bits per heavy atom. The minimum absolute atomic E-state index is 0.290. The second-order valence-electron chi connectivity index (χ2n) is 3.07. The fraction of sp³-hybridized carbons (Fsp3) is 0.222. The topological polar surface area (TPSA) is 43.6 Å². The number of aromatic nitrogens is 4. The maximum atomic E-state index is 5.72. The van der Waals surface area contributed by atoms with Crippen LogP contribution >= 0.6 is 27.5 Å². The highest BCUT2D eigenvalue weighted by atomic mass is 79.9. The van der Waals surface area contributed by atoms with Crippen LogP contribution in [0.4, 0.5) is 0 Å². The number of aryl methyl sites for hydroxylation is 1. The molecule has 2 rings (SSSR count). The molecular formula is C9H8BrClN4. The maximum Gasteiger partial charge on any atom is 0.171 e. The second kappa shape index (κ2) is 4.28. The molecule has 0 aliphatic rings. The highest BCUT2D eigenvalue weighted by Gasteiger charge is 2.07. The van der Waals surface area contributed by atoms with Crippen LogP contribution in [0.15, 0.2) is 22.7 Å².